The van der Waals surface area contributed by atoms with Crippen LogP contribution in [0.25, 0.3) is 0 Å². The molecule has 30 heavy (non-hydrogen) atoms. The number of imide groups is 1. The molecular formula is C23H26N4O3. The summed E-state index contributed by atoms with van der Waals surface area (Å²) >= 11 is 0. The molecule has 156 valence electrons. The second-order valence-corrected chi connectivity index (χ2v) is 7.73. The van der Waals surface area contributed by atoms with Crippen molar-refractivity contribution in [1.29, 1.82) is 0 Å². The summed E-state index contributed by atoms with van der Waals surface area (Å²) in [6.07, 6.45) is 0.639. The fraction of sp³-hybridized carbons (Fsp3) is 0.348. The van der Waals surface area contributed by atoms with E-state index in [9.17, 15) is 14.4 Å². The van der Waals surface area contributed by atoms with Crippen LogP contribution in [0.3, 0.4) is 0 Å². The van der Waals surface area contributed by atoms with Crippen LogP contribution in [-0.4, -0.2) is 35.2 Å². The van der Waals surface area contributed by atoms with Gasteiger partial charge in [-0.05, 0) is 47.9 Å². The van der Waals surface area contributed by atoms with Gasteiger partial charge in [0, 0.05) is 37.3 Å². The van der Waals surface area contributed by atoms with E-state index in [0.717, 1.165) is 29.9 Å². The molecule has 4 rings (SSSR count). The van der Waals surface area contributed by atoms with E-state index in [0.29, 0.717) is 25.1 Å². The highest BCUT2D eigenvalue weighted by Crippen LogP contribution is 2.28. The lowest BCUT2D eigenvalue weighted by molar-refractivity contribution is -0.136. The van der Waals surface area contributed by atoms with E-state index in [1.807, 2.05) is 30.3 Å². The number of amides is 3. The lowest BCUT2D eigenvalue weighted by atomic mass is 10.0. The summed E-state index contributed by atoms with van der Waals surface area (Å²) in [6, 6.07) is 13.5. The van der Waals surface area contributed by atoms with E-state index in [-0.39, 0.29) is 24.1 Å². The van der Waals surface area contributed by atoms with Gasteiger partial charge in [-0.1, -0.05) is 31.2 Å². The summed E-state index contributed by atoms with van der Waals surface area (Å²) in [6.45, 7) is 4.89. The van der Waals surface area contributed by atoms with Gasteiger partial charge in [0.05, 0.1) is 0 Å². The molecule has 1 unspecified atom stereocenters. The predicted octanol–water partition coefficient (Wildman–Crippen LogP) is 2.17. The number of piperidine rings is 1. The topological polar surface area (TPSA) is 90.5 Å². The smallest absolute Gasteiger partial charge is 0.255 e. The largest absolute Gasteiger partial charge is 0.381 e. The molecule has 0 spiro atoms. The summed E-state index contributed by atoms with van der Waals surface area (Å²) < 4.78 is 0. The van der Waals surface area contributed by atoms with Crippen molar-refractivity contribution in [1.82, 2.24) is 15.5 Å². The Hall–Kier alpha value is -3.19. The van der Waals surface area contributed by atoms with Crippen LogP contribution in [0.2, 0.25) is 0 Å². The molecule has 1 saturated heterocycles. The second kappa shape index (κ2) is 8.67. The number of carbonyl (C=O) groups is 3. The molecule has 2 heterocycles. The number of hydrogen-bond acceptors (Lipinski definition) is 5. The maximum Gasteiger partial charge on any atom is 0.255 e. The molecule has 3 amide bonds. The number of benzene rings is 2. The number of fused-ring (bicyclic) bond motifs is 1. The average Bonchev–Trinajstić information content (AvgIpc) is 3.07. The van der Waals surface area contributed by atoms with Crippen LogP contribution in [0.1, 0.15) is 46.8 Å². The zero-order valence-electron chi connectivity index (χ0n) is 17.0. The fourth-order valence-electron chi connectivity index (χ4n) is 4.00. The molecular weight excluding hydrogens is 380 g/mol. The average molecular weight is 406 g/mol. The van der Waals surface area contributed by atoms with Crippen molar-refractivity contribution >= 4 is 23.4 Å². The Morgan fingerprint density at radius 3 is 2.70 bits per heavy atom. The minimum atomic E-state index is -0.580. The van der Waals surface area contributed by atoms with Crippen LogP contribution >= 0.6 is 0 Å². The van der Waals surface area contributed by atoms with E-state index < -0.39 is 6.04 Å². The number of rotatable bonds is 7. The number of anilines is 1. The second-order valence-electron chi connectivity index (χ2n) is 7.73. The SMILES string of the molecule is CCNCc1cccc(NCc2ccc3c(c2)CN(C2CCC(=O)NC2=O)C3=O)c1. The van der Waals surface area contributed by atoms with Crippen LogP contribution in [0, 0.1) is 0 Å². The van der Waals surface area contributed by atoms with Crippen molar-refractivity contribution < 1.29 is 14.4 Å². The van der Waals surface area contributed by atoms with Gasteiger partial charge >= 0.3 is 0 Å². The van der Waals surface area contributed by atoms with Gasteiger partial charge in [-0.15, -0.1) is 0 Å². The first-order valence-corrected chi connectivity index (χ1v) is 10.3. The van der Waals surface area contributed by atoms with Gasteiger partial charge < -0.3 is 15.5 Å². The Kier molecular flexibility index (Phi) is 5.81. The Balaban J connectivity index is 1.42. The number of nitrogens with zero attached hydrogens (tertiary/aromatic N) is 1. The Morgan fingerprint density at radius 2 is 1.90 bits per heavy atom. The predicted molar refractivity (Wildman–Crippen MR) is 114 cm³/mol. The van der Waals surface area contributed by atoms with Gasteiger partial charge in [0.1, 0.15) is 6.04 Å². The van der Waals surface area contributed by atoms with Crippen molar-refractivity contribution in [3.63, 3.8) is 0 Å². The molecule has 2 aliphatic heterocycles. The summed E-state index contributed by atoms with van der Waals surface area (Å²) in [4.78, 5) is 37.9. The zero-order chi connectivity index (χ0) is 21.1. The summed E-state index contributed by atoms with van der Waals surface area (Å²) in [5.74, 6) is -0.801. The maximum absolute atomic E-state index is 12.8. The molecule has 0 saturated carbocycles. The molecule has 7 heteroatoms. The first-order chi connectivity index (χ1) is 14.5. The van der Waals surface area contributed by atoms with Gasteiger partial charge in [-0.25, -0.2) is 0 Å². The van der Waals surface area contributed by atoms with Gasteiger partial charge in [0.2, 0.25) is 11.8 Å². The molecule has 3 N–H and O–H groups in total. The first kappa shape index (κ1) is 20.1. The van der Waals surface area contributed by atoms with E-state index in [1.165, 1.54) is 5.56 Å². The van der Waals surface area contributed by atoms with E-state index in [2.05, 4.69) is 35.0 Å². The highest BCUT2D eigenvalue weighted by atomic mass is 16.2. The van der Waals surface area contributed by atoms with Crippen molar-refractivity contribution in [2.75, 3.05) is 11.9 Å². The van der Waals surface area contributed by atoms with Crippen LogP contribution in [0.5, 0.6) is 0 Å². The Labute approximate surface area is 175 Å². The highest BCUT2D eigenvalue weighted by molar-refractivity contribution is 6.05. The molecule has 2 aromatic rings. The molecule has 1 fully saturated rings. The zero-order valence-corrected chi connectivity index (χ0v) is 17.0. The maximum atomic E-state index is 12.8. The molecule has 1 atom stereocenters. The Bertz CT molecular complexity index is 988. The van der Waals surface area contributed by atoms with Crippen molar-refractivity contribution in [2.24, 2.45) is 0 Å². The van der Waals surface area contributed by atoms with Crippen LogP contribution in [-0.2, 0) is 29.2 Å². The van der Waals surface area contributed by atoms with Gasteiger partial charge in [0.15, 0.2) is 0 Å². The number of nitrogens with one attached hydrogen (secondary N) is 3. The highest BCUT2D eigenvalue weighted by Gasteiger charge is 2.38. The normalized spacial score (nSPS) is 18.4. The third kappa shape index (κ3) is 4.21. The molecule has 2 aliphatic rings. The molecule has 0 bridgehead atoms. The number of carbonyl (C=O) groups excluding carboxylic acids is 3. The molecule has 0 aliphatic carbocycles. The molecule has 0 radical (unpaired) electrons. The van der Waals surface area contributed by atoms with E-state index in [4.69, 9.17) is 0 Å². The van der Waals surface area contributed by atoms with Gasteiger partial charge in [-0.2, -0.15) is 0 Å². The van der Waals surface area contributed by atoms with Crippen molar-refractivity contribution in [3.05, 3.63) is 64.7 Å². The lowest BCUT2D eigenvalue weighted by Gasteiger charge is -2.29. The van der Waals surface area contributed by atoms with Crippen LogP contribution < -0.4 is 16.0 Å². The van der Waals surface area contributed by atoms with E-state index in [1.54, 1.807) is 4.90 Å². The minimum Gasteiger partial charge on any atom is -0.381 e. The third-order valence-corrected chi connectivity index (χ3v) is 5.59. The third-order valence-electron chi connectivity index (χ3n) is 5.59. The quantitative estimate of drug-likeness (QED) is 0.613. The molecule has 2 aromatic carbocycles. The fourth-order valence-corrected chi connectivity index (χ4v) is 4.00. The van der Waals surface area contributed by atoms with Crippen LogP contribution in [0.4, 0.5) is 5.69 Å². The Morgan fingerprint density at radius 1 is 1.07 bits per heavy atom. The minimum absolute atomic E-state index is 0.143. The number of hydrogen-bond donors (Lipinski definition) is 3. The monoisotopic (exact) mass is 406 g/mol. The van der Waals surface area contributed by atoms with E-state index >= 15 is 0 Å². The summed E-state index contributed by atoms with van der Waals surface area (Å²) in [7, 11) is 0. The first-order valence-electron chi connectivity index (χ1n) is 10.3. The molecule has 7 nitrogen and oxygen atoms in total. The summed E-state index contributed by atoms with van der Waals surface area (Å²) in [5, 5.41) is 9.10. The van der Waals surface area contributed by atoms with Gasteiger partial charge in [-0.3, -0.25) is 19.7 Å². The lowest BCUT2D eigenvalue weighted by Crippen LogP contribution is -2.52. The van der Waals surface area contributed by atoms with Gasteiger partial charge in [0.25, 0.3) is 5.91 Å². The molecule has 0 aromatic heterocycles. The standard InChI is InChI=1S/C23H26N4O3/c1-2-24-12-15-4-3-5-18(11-15)25-13-16-6-7-19-17(10-16)14-27(23(19)30)20-8-9-21(28)26-22(20)29/h3-7,10-11,20,24-25H,2,8-9,12-14H2,1H3,(H,26,28,29). The van der Waals surface area contributed by atoms with Crippen molar-refractivity contribution in [3.8, 4) is 0 Å². The van der Waals surface area contributed by atoms with Crippen molar-refractivity contribution in [2.45, 2.75) is 45.4 Å². The van der Waals surface area contributed by atoms with Crippen LogP contribution in [0.15, 0.2) is 42.5 Å². The summed E-state index contributed by atoms with van der Waals surface area (Å²) in [5.41, 5.74) is 4.90.